The predicted molar refractivity (Wildman–Crippen MR) is 141 cm³/mol. The molecule has 0 saturated heterocycles. The Morgan fingerprint density at radius 2 is 1.71 bits per heavy atom. The molecule has 2 aliphatic carbocycles. The maximum absolute atomic E-state index is 13.6. The summed E-state index contributed by atoms with van der Waals surface area (Å²) in [5.41, 5.74) is 2.06. The predicted octanol–water partition coefficient (Wildman–Crippen LogP) is 6.21. The third-order valence-corrected chi connectivity index (χ3v) is 8.21. The Morgan fingerprint density at radius 3 is 2.37 bits per heavy atom. The van der Waals surface area contributed by atoms with Gasteiger partial charge >= 0.3 is 0 Å². The molecule has 6 heteroatoms. The Morgan fingerprint density at radius 1 is 1.03 bits per heavy atom. The Labute approximate surface area is 211 Å². The van der Waals surface area contributed by atoms with Crippen molar-refractivity contribution >= 4 is 34.1 Å². The zero-order chi connectivity index (χ0) is 24.8. The number of halogens is 1. The van der Waals surface area contributed by atoms with E-state index in [-0.39, 0.29) is 16.3 Å². The van der Waals surface area contributed by atoms with Gasteiger partial charge in [0.15, 0.2) is 0 Å². The summed E-state index contributed by atoms with van der Waals surface area (Å²) in [6.45, 7) is 4.68. The Balaban J connectivity index is 1.42. The third kappa shape index (κ3) is 4.84. The van der Waals surface area contributed by atoms with Crippen LogP contribution >= 0.6 is 11.6 Å². The van der Waals surface area contributed by atoms with Gasteiger partial charge in [0, 0.05) is 21.7 Å². The molecule has 2 fully saturated rings. The quantitative estimate of drug-likeness (QED) is 0.430. The number of carbonyl (C=O) groups is 1. The SMILES string of the molecule is COc1ccc(Cn2c(=O)ccc3c(NC(=O)C4(C)CC5CC(CC(C)(Cl)C5)C4)cccc32)cc1. The highest BCUT2D eigenvalue weighted by Gasteiger charge is 2.48. The minimum absolute atomic E-state index is 0.0609. The fourth-order valence-corrected chi connectivity index (χ4v) is 7.00. The van der Waals surface area contributed by atoms with E-state index in [1.165, 1.54) is 6.42 Å². The lowest BCUT2D eigenvalue weighted by atomic mass is 9.59. The van der Waals surface area contributed by atoms with E-state index in [1.54, 1.807) is 17.7 Å². The van der Waals surface area contributed by atoms with E-state index in [0.717, 1.165) is 53.6 Å². The van der Waals surface area contributed by atoms with Gasteiger partial charge in [-0.25, -0.2) is 0 Å². The van der Waals surface area contributed by atoms with Crippen LogP contribution in [0.1, 0.15) is 51.5 Å². The molecule has 1 amide bonds. The number of rotatable bonds is 5. The van der Waals surface area contributed by atoms with Gasteiger partial charge in [-0.1, -0.05) is 25.1 Å². The number of hydrogen-bond acceptors (Lipinski definition) is 3. The summed E-state index contributed by atoms with van der Waals surface area (Å²) in [5.74, 6) is 1.82. The van der Waals surface area contributed by atoms with Gasteiger partial charge in [-0.2, -0.15) is 0 Å². The van der Waals surface area contributed by atoms with Crippen LogP contribution in [0.2, 0.25) is 0 Å². The standard InChI is InChI=1S/C29H33ClN2O3/c1-28(14-20-13-21(15-28)17-29(2,30)16-20)27(34)31-24-5-4-6-25-23(24)11-12-26(33)32(25)18-19-7-9-22(35-3)10-8-19/h4-12,20-21H,13-18H2,1-3H3,(H,31,34). The second-order valence-corrected chi connectivity index (χ2v) is 12.0. The average molecular weight is 493 g/mol. The third-order valence-electron chi connectivity index (χ3n) is 7.90. The highest BCUT2D eigenvalue weighted by molar-refractivity contribution is 6.23. The van der Waals surface area contributed by atoms with E-state index < -0.39 is 5.41 Å². The molecule has 5 rings (SSSR count). The number of nitrogens with zero attached hydrogens (tertiary/aromatic N) is 1. The normalized spacial score (nSPS) is 28.0. The molecule has 3 aromatic rings. The highest BCUT2D eigenvalue weighted by Crippen LogP contribution is 2.53. The molecule has 35 heavy (non-hydrogen) atoms. The van der Waals surface area contributed by atoms with Crippen LogP contribution < -0.4 is 15.6 Å². The molecule has 2 aliphatic rings. The fourth-order valence-electron chi connectivity index (χ4n) is 6.56. The van der Waals surface area contributed by atoms with E-state index in [2.05, 4.69) is 19.2 Å². The number of fused-ring (bicyclic) bond motifs is 3. The van der Waals surface area contributed by atoms with Gasteiger partial charge in [0.25, 0.3) is 5.56 Å². The van der Waals surface area contributed by atoms with Crippen LogP contribution in [0.4, 0.5) is 5.69 Å². The van der Waals surface area contributed by atoms with Crippen LogP contribution in [0.3, 0.4) is 0 Å². The van der Waals surface area contributed by atoms with Crippen molar-refractivity contribution in [3.8, 4) is 5.75 Å². The van der Waals surface area contributed by atoms with Crippen molar-refractivity contribution in [1.82, 2.24) is 4.57 Å². The van der Waals surface area contributed by atoms with Crippen LogP contribution in [-0.2, 0) is 11.3 Å². The molecule has 2 atom stereocenters. The lowest BCUT2D eigenvalue weighted by molar-refractivity contribution is -0.129. The largest absolute Gasteiger partial charge is 0.497 e. The zero-order valence-electron chi connectivity index (χ0n) is 20.6. The number of methoxy groups -OCH3 is 1. The molecule has 0 spiro atoms. The molecule has 0 aliphatic heterocycles. The number of hydrogen-bond donors (Lipinski definition) is 1. The molecule has 184 valence electrons. The number of alkyl halides is 1. The number of anilines is 1. The average Bonchev–Trinajstić information content (AvgIpc) is 2.80. The maximum atomic E-state index is 13.6. The summed E-state index contributed by atoms with van der Waals surface area (Å²) in [4.78, 5) is 26.3. The first-order chi connectivity index (χ1) is 16.7. The summed E-state index contributed by atoms with van der Waals surface area (Å²) < 4.78 is 6.99. The molecule has 1 heterocycles. The fraction of sp³-hybridized carbons (Fsp3) is 0.448. The maximum Gasteiger partial charge on any atom is 0.251 e. The summed E-state index contributed by atoms with van der Waals surface area (Å²) in [6, 6.07) is 16.9. The number of nitrogens with one attached hydrogen (secondary N) is 1. The Hall–Kier alpha value is -2.79. The highest BCUT2D eigenvalue weighted by atomic mass is 35.5. The molecule has 1 aromatic heterocycles. The molecule has 1 N–H and O–H groups in total. The molecular weight excluding hydrogens is 460 g/mol. The summed E-state index contributed by atoms with van der Waals surface area (Å²) in [5, 5.41) is 4.09. The molecule has 5 nitrogen and oxygen atoms in total. The second-order valence-electron chi connectivity index (χ2n) is 11.1. The summed E-state index contributed by atoms with van der Waals surface area (Å²) in [7, 11) is 1.63. The number of ether oxygens (including phenoxy) is 1. The van der Waals surface area contributed by atoms with Crippen molar-refractivity contribution < 1.29 is 9.53 Å². The molecule has 2 aromatic carbocycles. The minimum Gasteiger partial charge on any atom is -0.497 e. The molecule has 0 radical (unpaired) electrons. The summed E-state index contributed by atoms with van der Waals surface area (Å²) >= 11 is 6.71. The van der Waals surface area contributed by atoms with Gasteiger partial charge in [-0.15, -0.1) is 11.6 Å². The number of aromatic nitrogens is 1. The van der Waals surface area contributed by atoms with Crippen LogP contribution in [0.25, 0.3) is 10.9 Å². The lowest BCUT2D eigenvalue weighted by Crippen LogP contribution is -2.46. The van der Waals surface area contributed by atoms with E-state index >= 15 is 0 Å². The lowest BCUT2D eigenvalue weighted by Gasteiger charge is -2.48. The van der Waals surface area contributed by atoms with Gasteiger partial charge in [-0.05, 0) is 86.8 Å². The first-order valence-electron chi connectivity index (χ1n) is 12.4. The van der Waals surface area contributed by atoms with Crippen molar-refractivity contribution in [2.75, 3.05) is 12.4 Å². The Bertz CT molecular complexity index is 1300. The number of benzene rings is 2. The van der Waals surface area contributed by atoms with Gasteiger partial charge in [0.2, 0.25) is 5.91 Å². The van der Waals surface area contributed by atoms with Crippen molar-refractivity contribution in [1.29, 1.82) is 0 Å². The second kappa shape index (κ2) is 9.02. The molecule has 2 saturated carbocycles. The van der Waals surface area contributed by atoms with E-state index in [0.29, 0.717) is 18.4 Å². The topological polar surface area (TPSA) is 60.3 Å². The molecule has 2 unspecified atom stereocenters. The van der Waals surface area contributed by atoms with Crippen LogP contribution in [-0.4, -0.2) is 22.5 Å². The summed E-state index contributed by atoms with van der Waals surface area (Å²) in [6.07, 6.45) is 4.85. The van der Waals surface area contributed by atoms with Crippen molar-refractivity contribution in [2.24, 2.45) is 17.3 Å². The first-order valence-corrected chi connectivity index (χ1v) is 12.8. The van der Waals surface area contributed by atoms with Crippen LogP contribution in [0.5, 0.6) is 5.75 Å². The van der Waals surface area contributed by atoms with Gasteiger partial charge in [0.05, 0.1) is 24.9 Å². The Kier molecular flexibility index (Phi) is 6.16. The first kappa shape index (κ1) is 23.9. The van der Waals surface area contributed by atoms with Crippen LogP contribution in [0, 0.1) is 17.3 Å². The number of carbonyl (C=O) groups excluding carboxylic acids is 1. The smallest absolute Gasteiger partial charge is 0.251 e. The van der Waals surface area contributed by atoms with Crippen molar-refractivity contribution in [3.05, 3.63) is 70.5 Å². The van der Waals surface area contributed by atoms with Crippen molar-refractivity contribution in [3.63, 3.8) is 0 Å². The minimum atomic E-state index is -0.416. The number of amides is 1. The van der Waals surface area contributed by atoms with E-state index in [9.17, 15) is 9.59 Å². The zero-order valence-corrected chi connectivity index (χ0v) is 21.4. The number of pyridine rings is 1. The van der Waals surface area contributed by atoms with Crippen molar-refractivity contribution in [2.45, 2.75) is 57.4 Å². The van der Waals surface area contributed by atoms with Gasteiger partial charge in [0.1, 0.15) is 5.75 Å². The van der Waals surface area contributed by atoms with Gasteiger partial charge < -0.3 is 14.6 Å². The molecular formula is C29H33ClN2O3. The van der Waals surface area contributed by atoms with E-state index in [4.69, 9.17) is 16.3 Å². The van der Waals surface area contributed by atoms with Gasteiger partial charge in [-0.3, -0.25) is 9.59 Å². The monoisotopic (exact) mass is 492 g/mol. The van der Waals surface area contributed by atoms with E-state index in [1.807, 2.05) is 48.5 Å². The molecule has 2 bridgehead atoms. The van der Waals surface area contributed by atoms with Crippen LogP contribution in [0.15, 0.2) is 59.4 Å².